The number of methoxy groups -OCH3 is 2. The van der Waals surface area contributed by atoms with Crippen molar-refractivity contribution in [3.63, 3.8) is 0 Å². The highest BCUT2D eigenvalue weighted by Gasteiger charge is 2.34. The van der Waals surface area contributed by atoms with Crippen LogP contribution in [0.25, 0.3) is 38.7 Å². The summed E-state index contributed by atoms with van der Waals surface area (Å²) >= 11 is 0. The number of fused-ring (bicyclic) bond motifs is 1. The molecule has 0 fully saturated rings. The number of hydrogen-bond donors (Lipinski definition) is 2. The zero-order valence-corrected chi connectivity index (χ0v) is 34.2. The van der Waals surface area contributed by atoms with Crippen molar-refractivity contribution in [3.8, 4) is 22.4 Å². The summed E-state index contributed by atoms with van der Waals surface area (Å²) < 4.78 is 11.4. The average molecular weight is 764 g/mol. The molecule has 0 saturated heterocycles. The van der Waals surface area contributed by atoms with Crippen LogP contribution in [0.2, 0.25) is 0 Å². The topological polar surface area (TPSA) is 137 Å². The minimum atomic E-state index is -0.750. The smallest absolute Gasteiger partial charge is 0.407 e. The summed E-state index contributed by atoms with van der Waals surface area (Å²) in [5.41, 5.74) is 7.11. The van der Waals surface area contributed by atoms with Gasteiger partial charge in [-0.1, -0.05) is 77.1 Å². The molecule has 0 radical (unpaired) electrons. The predicted molar refractivity (Wildman–Crippen MR) is 219 cm³/mol. The lowest BCUT2D eigenvalue weighted by Crippen LogP contribution is -2.65. The molecule has 4 aromatic rings. The lowest BCUT2D eigenvalue weighted by molar-refractivity contribution is -0.686. The van der Waals surface area contributed by atoms with Crippen LogP contribution in [0.4, 0.5) is 4.79 Å². The average Bonchev–Trinajstić information content (AvgIpc) is 3.88. The summed E-state index contributed by atoms with van der Waals surface area (Å²) in [4.78, 5) is 60.7. The van der Waals surface area contributed by atoms with E-state index in [0.717, 1.165) is 55.8 Å². The number of alkyl carbamates (subject to hydrolysis) is 1. The Labute approximate surface area is 329 Å². The number of ether oxygens (including phenoxy) is 2. The number of nitrogens with zero attached hydrogens (tertiary/aromatic N) is 4. The van der Waals surface area contributed by atoms with Gasteiger partial charge in [0, 0.05) is 37.4 Å². The largest absolute Gasteiger partial charge is 0.469 e. The standard InChI is InChI=1S/C44H54N6O6/c1-11-39-46-38(25-50(39)49(8)43(53)41(27(4)5)47-44(54)56-10)34-19-18-32-20-31(16-17-33(32)21-34)29-12-14-30(15-13-29)35-22-37(45-24-35)28(6)48(7)42(52)36(26(2)3)23-40(51)55-9/h12-21,24-28,36,41H,11,22-23H2,1-10H3,(H,47,54)/p+1/t28-,36-,41-/m0/s1. The third-order valence-corrected chi connectivity index (χ3v) is 10.8. The Kier molecular flexibility index (Phi) is 13.1. The molecule has 2 heterocycles. The Balaban J connectivity index is 1.27. The van der Waals surface area contributed by atoms with Crippen LogP contribution in [0.1, 0.15) is 65.8 Å². The maximum Gasteiger partial charge on any atom is 0.407 e. The molecule has 3 aromatic carbocycles. The molecule has 12 nitrogen and oxygen atoms in total. The molecule has 0 aliphatic carbocycles. The number of allylic oxidation sites excluding steroid dienone is 1. The van der Waals surface area contributed by atoms with Crippen molar-refractivity contribution in [2.75, 3.05) is 33.3 Å². The van der Waals surface area contributed by atoms with E-state index in [1.165, 1.54) is 19.2 Å². The number of H-pyrrole nitrogens is 1. The van der Waals surface area contributed by atoms with E-state index >= 15 is 0 Å². The summed E-state index contributed by atoms with van der Waals surface area (Å²) in [6, 6.07) is 20.2. The van der Waals surface area contributed by atoms with Crippen LogP contribution in [0.5, 0.6) is 0 Å². The summed E-state index contributed by atoms with van der Waals surface area (Å²) in [5.74, 6) is -0.488. The molecule has 1 aliphatic rings. The highest BCUT2D eigenvalue weighted by atomic mass is 16.5. The summed E-state index contributed by atoms with van der Waals surface area (Å²) in [5, 5.41) is 6.36. The van der Waals surface area contributed by atoms with Gasteiger partial charge in [0.1, 0.15) is 6.04 Å². The number of aryl methyl sites for hydroxylation is 1. The van der Waals surface area contributed by atoms with E-state index in [1.54, 1.807) is 23.7 Å². The molecular weight excluding hydrogens is 709 g/mol. The van der Waals surface area contributed by atoms with Gasteiger partial charge in [-0.2, -0.15) is 5.01 Å². The first-order valence-corrected chi connectivity index (χ1v) is 19.2. The zero-order chi connectivity index (χ0) is 40.8. The number of rotatable bonds is 14. The van der Waals surface area contributed by atoms with Gasteiger partial charge in [-0.3, -0.25) is 19.4 Å². The van der Waals surface area contributed by atoms with E-state index in [1.807, 2.05) is 53.9 Å². The summed E-state index contributed by atoms with van der Waals surface area (Å²) in [7, 11) is 6.09. The van der Waals surface area contributed by atoms with Crippen molar-refractivity contribution in [1.29, 1.82) is 0 Å². The molecule has 0 spiro atoms. The molecular formula is C44H55N6O6+. The first-order valence-electron chi connectivity index (χ1n) is 19.2. The fourth-order valence-electron chi connectivity index (χ4n) is 7.01. The minimum absolute atomic E-state index is 0.00352. The molecule has 296 valence electrons. The van der Waals surface area contributed by atoms with Gasteiger partial charge >= 0.3 is 12.1 Å². The molecule has 3 amide bonds. The molecule has 0 saturated carbocycles. The van der Waals surface area contributed by atoms with Crippen LogP contribution in [0.15, 0.2) is 78.1 Å². The van der Waals surface area contributed by atoms with Gasteiger partial charge in [0.05, 0.1) is 39.6 Å². The lowest BCUT2D eigenvalue weighted by atomic mass is 9.90. The molecule has 0 bridgehead atoms. The molecule has 2 N–H and O–H groups in total. The van der Waals surface area contributed by atoms with Gasteiger partial charge < -0.3 is 19.7 Å². The first kappa shape index (κ1) is 41.4. The third kappa shape index (κ3) is 9.01. The number of carbonyl (C=O) groups is 4. The normalized spacial score (nSPS) is 14.2. The van der Waals surface area contributed by atoms with Crippen molar-refractivity contribution >= 4 is 45.9 Å². The number of aromatic amines is 1. The number of aliphatic imine (C=N–C) groups is 1. The maximum atomic E-state index is 13.5. The molecule has 0 unspecified atom stereocenters. The molecule has 5 rings (SSSR count). The predicted octanol–water partition coefficient (Wildman–Crippen LogP) is 6.69. The lowest BCUT2D eigenvalue weighted by Gasteiger charge is -2.30. The zero-order valence-electron chi connectivity index (χ0n) is 34.2. The SMILES string of the molecule is CCc1[nH]c(-c2ccc3cc(-c4ccc(C5=CN=C([C@H](C)N(C)C(=O)[C@@H](CC(=O)OC)C(C)C)C5)cc4)ccc3c2)c[n+]1N(C)C(=O)[C@@H](NC(=O)OC)C(C)C. The van der Waals surface area contributed by atoms with Gasteiger partial charge in [0.2, 0.25) is 5.91 Å². The number of aromatic nitrogens is 2. The maximum absolute atomic E-state index is 13.5. The Morgan fingerprint density at radius 1 is 0.821 bits per heavy atom. The van der Waals surface area contributed by atoms with E-state index in [-0.39, 0.29) is 42.1 Å². The van der Waals surface area contributed by atoms with Crippen LogP contribution in [-0.2, 0) is 30.3 Å². The number of benzene rings is 3. The van der Waals surface area contributed by atoms with Crippen LogP contribution in [-0.4, -0.2) is 79.9 Å². The highest BCUT2D eigenvalue weighted by Crippen LogP contribution is 2.31. The van der Waals surface area contributed by atoms with E-state index in [4.69, 9.17) is 14.5 Å². The highest BCUT2D eigenvalue weighted by molar-refractivity contribution is 6.03. The van der Waals surface area contributed by atoms with Crippen molar-refractivity contribution in [1.82, 2.24) is 15.2 Å². The minimum Gasteiger partial charge on any atom is -0.469 e. The molecule has 3 atom stereocenters. The molecule has 56 heavy (non-hydrogen) atoms. The second kappa shape index (κ2) is 17.8. The first-order chi connectivity index (χ1) is 26.7. The number of imidazole rings is 1. The van der Waals surface area contributed by atoms with Gasteiger partial charge in [-0.15, -0.1) is 4.68 Å². The fraction of sp³-hybridized carbons (Fsp3) is 0.409. The second-order valence-electron chi connectivity index (χ2n) is 15.1. The Morgan fingerprint density at radius 3 is 2.02 bits per heavy atom. The Morgan fingerprint density at radius 2 is 1.43 bits per heavy atom. The van der Waals surface area contributed by atoms with Crippen molar-refractivity contribution < 1.29 is 33.3 Å². The molecule has 1 aromatic heterocycles. The number of likely N-dealkylation sites (N-methyl/N-ethyl adjacent to an activating group) is 1. The second-order valence-corrected chi connectivity index (χ2v) is 15.1. The third-order valence-electron chi connectivity index (χ3n) is 10.8. The number of nitrogens with one attached hydrogen (secondary N) is 2. The number of esters is 1. The summed E-state index contributed by atoms with van der Waals surface area (Å²) in [6.07, 6.45) is 4.50. The van der Waals surface area contributed by atoms with Gasteiger partial charge in [0.15, 0.2) is 11.9 Å². The number of hydrogen-bond acceptors (Lipinski definition) is 7. The molecule has 1 aliphatic heterocycles. The van der Waals surface area contributed by atoms with Gasteiger partial charge in [0.25, 0.3) is 11.7 Å². The summed E-state index contributed by atoms with van der Waals surface area (Å²) in [6.45, 7) is 11.6. The van der Waals surface area contributed by atoms with E-state index in [0.29, 0.717) is 12.8 Å². The van der Waals surface area contributed by atoms with Crippen LogP contribution >= 0.6 is 0 Å². The van der Waals surface area contributed by atoms with Crippen molar-refractivity contribution in [3.05, 3.63) is 84.4 Å². The van der Waals surface area contributed by atoms with Crippen molar-refractivity contribution in [2.24, 2.45) is 22.7 Å². The van der Waals surface area contributed by atoms with Crippen LogP contribution in [0, 0.1) is 17.8 Å². The van der Waals surface area contributed by atoms with E-state index in [9.17, 15) is 19.2 Å². The van der Waals surface area contributed by atoms with E-state index in [2.05, 4.69) is 71.0 Å². The van der Waals surface area contributed by atoms with E-state index < -0.39 is 18.1 Å². The van der Waals surface area contributed by atoms with Gasteiger partial charge in [-0.25, -0.2) is 9.78 Å². The van der Waals surface area contributed by atoms with Crippen LogP contribution < -0.4 is 15.0 Å². The van der Waals surface area contributed by atoms with Gasteiger partial charge in [-0.05, 0) is 70.0 Å². The molecule has 12 heteroatoms. The number of amides is 3. The van der Waals surface area contributed by atoms with Crippen molar-refractivity contribution in [2.45, 2.75) is 72.9 Å². The Bertz CT molecular complexity index is 2150. The monoisotopic (exact) mass is 763 g/mol. The van der Waals surface area contributed by atoms with Crippen LogP contribution in [0.3, 0.4) is 0 Å². The number of carbonyl (C=O) groups excluding carboxylic acids is 4. The quantitative estimate of drug-likeness (QED) is 0.108. The Hall–Kier alpha value is -5.78. The fourth-order valence-corrected chi connectivity index (χ4v) is 7.01.